The van der Waals surface area contributed by atoms with Crippen molar-refractivity contribution in [3.05, 3.63) is 18.0 Å². The van der Waals surface area contributed by atoms with Crippen molar-refractivity contribution in [2.24, 2.45) is 12.2 Å². The maximum absolute atomic E-state index is 12.4. The predicted octanol–water partition coefficient (Wildman–Crippen LogP) is -0.302. The van der Waals surface area contributed by atoms with Gasteiger partial charge in [-0.2, -0.15) is 0 Å². The highest BCUT2D eigenvalue weighted by atomic mass is 32.2. The predicted molar refractivity (Wildman–Crippen MR) is 75.0 cm³/mol. The molecule has 0 atom stereocenters. The second kappa shape index (κ2) is 6.72. The maximum atomic E-state index is 12.4. The first-order valence-corrected chi connectivity index (χ1v) is 7.80. The average molecular weight is 317 g/mol. The molecule has 9 heteroatoms. The molecule has 0 saturated carbocycles. The molecule has 1 aromatic rings. The summed E-state index contributed by atoms with van der Waals surface area (Å²) in [6, 6.07) is 1.22. The van der Waals surface area contributed by atoms with Gasteiger partial charge < -0.3 is 14.2 Å². The molecule has 0 radical (unpaired) electrons. The summed E-state index contributed by atoms with van der Waals surface area (Å²) in [5.74, 6) is -0.794. The van der Waals surface area contributed by atoms with E-state index in [1.165, 1.54) is 28.8 Å². The van der Waals surface area contributed by atoms with Crippen molar-refractivity contribution in [3.8, 4) is 0 Å². The van der Waals surface area contributed by atoms with Crippen LogP contribution in [0.3, 0.4) is 0 Å². The van der Waals surface area contributed by atoms with Gasteiger partial charge >= 0.3 is 5.97 Å². The highest BCUT2D eigenvalue weighted by Crippen LogP contribution is 2.14. The van der Waals surface area contributed by atoms with Crippen LogP contribution in [0.15, 0.2) is 17.2 Å². The number of nitrogens with zero attached hydrogens (tertiary/aromatic N) is 2. The Labute approximate surface area is 123 Å². The Balaban J connectivity index is 2.95. The molecule has 0 aliphatic heterocycles. The molecule has 1 rings (SSSR count). The van der Waals surface area contributed by atoms with Gasteiger partial charge in [-0.3, -0.25) is 9.59 Å². The topological polar surface area (TPSA) is 112 Å². The second-order valence-corrected chi connectivity index (χ2v) is 5.99. The number of rotatable bonds is 6. The van der Waals surface area contributed by atoms with Crippen molar-refractivity contribution >= 4 is 21.9 Å². The first-order chi connectivity index (χ1) is 9.70. The van der Waals surface area contributed by atoms with Crippen molar-refractivity contribution in [1.29, 1.82) is 0 Å². The van der Waals surface area contributed by atoms with Crippen LogP contribution >= 0.6 is 0 Å². The molecule has 1 amide bonds. The van der Waals surface area contributed by atoms with Gasteiger partial charge in [0.05, 0.1) is 13.5 Å². The number of sulfonamides is 1. The van der Waals surface area contributed by atoms with E-state index in [2.05, 4.69) is 4.74 Å². The summed E-state index contributed by atoms with van der Waals surface area (Å²) in [6.07, 6.45) is 1.35. The molecule has 0 aliphatic rings. The lowest BCUT2D eigenvalue weighted by Crippen LogP contribution is -2.34. The summed E-state index contributed by atoms with van der Waals surface area (Å²) in [7, 11) is -1.04. The van der Waals surface area contributed by atoms with Crippen LogP contribution in [0.25, 0.3) is 0 Å². The zero-order chi connectivity index (χ0) is 16.2. The standard InChI is InChI=1S/C12H19N3O5S/c1-4-15(6-5-11(16)20-3)12(17)10-7-9(8-14(10)2)21(13,18)19/h7-8H,4-6H2,1-3H3,(H2,13,18,19). The van der Waals surface area contributed by atoms with Crippen LogP contribution in [0.4, 0.5) is 0 Å². The summed E-state index contributed by atoms with van der Waals surface area (Å²) < 4.78 is 28.5. The molecule has 118 valence electrons. The SMILES string of the molecule is CCN(CCC(=O)OC)C(=O)c1cc(S(N)(=O)=O)cn1C. The number of hydrogen-bond acceptors (Lipinski definition) is 5. The quantitative estimate of drug-likeness (QED) is 0.724. The molecule has 21 heavy (non-hydrogen) atoms. The maximum Gasteiger partial charge on any atom is 0.307 e. The number of carbonyl (C=O) groups excluding carboxylic acids is 2. The van der Waals surface area contributed by atoms with E-state index in [-0.39, 0.29) is 29.5 Å². The molecule has 2 N–H and O–H groups in total. The van der Waals surface area contributed by atoms with Crippen molar-refractivity contribution in [2.75, 3.05) is 20.2 Å². The number of esters is 1. The number of primary sulfonamides is 1. The van der Waals surface area contributed by atoms with Crippen LogP contribution in [0, 0.1) is 0 Å². The normalized spacial score (nSPS) is 11.2. The van der Waals surface area contributed by atoms with E-state index < -0.39 is 16.0 Å². The van der Waals surface area contributed by atoms with Crippen LogP contribution in [-0.2, 0) is 26.6 Å². The summed E-state index contributed by atoms with van der Waals surface area (Å²) >= 11 is 0. The van der Waals surface area contributed by atoms with Crippen LogP contribution in [-0.4, -0.2) is 50.0 Å². The molecule has 8 nitrogen and oxygen atoms in total. The van der Waals surface area contributed by atoms with Crippen molar-refractivity contribution in [2.45, 2.75) is 18.2 Å². The molecule has 0 fully saturated rings. The van der Waals surface area contributed by atoms with Gasteiger partial charge in [-0.05, 0) is 13.0 Å². The molecule has 0 aromatic carbocycles. The van der Waals surface area contributed by atoms with E-state index in [1.54, 1.807) is 14.0 Å². The Morgan fingerprint density at radius 1 is 1.43 bits per heavy atom. The van der Waals surface area contributed by atoms with Gasteiger partial charge in [0.15, 0.2) is 0 Å². The molecule has 1 heterocycles. The van der Waals surface area contributed by atoms with E-state index in [9.17, 15) is 18.0 Å². The third-order valence-electron chi connectivity index (χ3n) is 3.01. The Morgan fingerprint density at radius 3 is 2.48 bits per heavy atom. The fraction of sp³-hybridized carbons (Fsp3) is 0.500. The Bertz CT molecular complexity index is 635. The summed E-state index contributed by atoms with van der Waals surface area (Å²) in [5.41, 5.74) is 0.186. The minimum Gasteiger partial charge on any atom is -0.469 e. The molecule has 0 unspecified atom stereocenters. The van der Waals surface area contributed by atoms with Gasteiger partial charge in [0.1, 0.15) is 10.6 Å². The van der Waals surface area contributed by atoms with E-state index in [4.69, 9.17) is 5.14 Å². The fourth-order valence-corrected chi connectivity index (χ4v) is 2.38. The van der Waals surface area contributed by atoms with Gasteiger partial charge in [0.2, 0.25) is 10.0 Å². The van der Waals surface area contributed by atoms with E-state index >= 15 is 0 Å². The average Bonchev–Trinajstić information content (AvgIpc) is 2.80. The monoisotopic (exact) mass is 317 g/mol. The third-order valence-corrected chi connectivity index (χ3v) is 3.89. The Hall–Kier alpha value is -1.87. The fourth-order valence-electron chi connectivity index (χ4n) is 1.80. The molecular formula is C12H19N3O5S. The van der Waals surface area contributed by atoms with Gasteiger partial charge in [-0.1, -0.05) is 0 Å². The summed E-state index contributed by atoms with van der Waals surface area (Å²) in [5, 5.41) is 5.04. The van der Waals surface area contributed by atoms with Crippen molar-refractivity contribution < 1.29 is 22.7 Å². The number of hydrogen-bond donors (Lipinski definition) is 1. The van der Waals surface area contributed by atoms with Gasteiger partial charge in [0.25, 0.3) is 5.91 Å². The highest BCUT2D eigenvalue weighted by Gasteiger charge is 2.21. The van der Waals surface area contributed by atoms with Gasteiger partial charge in [-0.15, -0.1) is 0 Å². The minimum absolute atomic E-state index is 0.0720. The van der Waals surface area contributed by atoms with E-state index in [0.717, 1.165) is 0 Å². The number of nitrogens with two attached hydrogens (primary N) is 1. The van der Waals surface area contributed by atoms with Gasteiger partial charge in [0, 0.05) is 26.3 Å². The Kier molecular flexibility index (Phi) is 5.50. The Morgan fingerprint density at radius 2 is 2.05 bits per heavy atom. The zero-order valence-corrected chi connectivity index (χ0v) is 13.0. The molecular weight excluding hydrogens is 298 g/mol. The molecule has 0 bridgehead atoms. The molecule has 0 spiro atoms. The molecule has 0 aliphatic carbocycles. The van der Waals surface area contributed by atoms with Crippen molar-refractivity contribution in [3.63, 3.8) is 0 Å². The first kappa shape index (κ1) is 17.2. The molecule has 0 saturated heterocycles. The lowest BCUT2D eigenvalue weighted by molar-refractivity contribution is -0.140. The number of ether oxygens (including phenoxy) is 1. The highest BCUT2D eigenvalue weighted by molar-refractivity contribution is 7.89. The second-order valence-electron chi connectivity index (χ2n) is 4.43. The van der Waals surface area contributed by atoms with E-state index in [0.29, 0.717) is 6.54 Å². The first-order valence-electron chi connectivity index (χ1n) is 6.26. The lowest BCUT2D eigenvalue weighted by Gasteiger charge is -2.20. The number of aryl methyl sites for hydroxylation is 1. The summed E-state index contributed by atoms with van der Waals surface area (Å²) in [4.78, 5) is 24.8. The van der Waals surface area contributed by atoms with Crippen LogP contribution < -0.4 is 5.14 Å². The van der Waals surface area contributed by atoms with Gasteiger partial charge in [-0.25, -0.2) is 13.6 Å². The van der Waals surface area contributed by atoms with E-state index in [1.807, 2.05) is 0 Å². The lowest BCUT2D eigenvalue weighted by atomic mass is 10.3. The minimum atomic E-state index is -3.87. The third kappa shape index (κ3) is 4.30. The number of aromatic nitrogens is 1. The van der Waals surface area contributed by atoms with Crippen molar-refractivity contribution in [1.82, 2.24) is 9.47 Å². The van der Waals surface area contributed by atoms with Crippen LogP contribution in [0.1, 0.15) is 23.8 Å². The zero-order valence-electron chi connectivity index (χ0n) is 12.2. The molecule has 1 aromatic heterocycles. The number of amides is 1. The largest absolute Gasteiger partial charge is 0.469 e. The number of methoxy groups -OCH3 is 1. The smallest absolute Gasteiger partial charge is 0.307 e. The number of carbonyl (C=O) groups is 2. The van der Waals surface area contributed by atoms with Crippen LogP contribution in [0.2, 0.25) is 0 Å². The van der Waals surface area contributed by atoms with Crippen LogP contribution in [0.5, 0.6) is 0 Å². The summed E-state index contributed by atoms with van der Waals surface area (Å²) in [6.45, 7) is 2.34.